The Bertz CT molecular complexity index is 1040. The molecule has 3 aromatic rings. The summed E-state index contributed by atoms with van der Waals surface area (Å²) in [5.41, 5.74) is 1.28. The van der Waals surface area contributed by atoms with E-state index in [2.05, 4.69) is 32.1 Å². The van der Waals surface area contributed by atoms with Gasteiger partial charge in [0.05, 0.1) is 25.1 Å². The Hall–Kier alpha value is -2.85. The second-order valence-corrected chi connectivity index (χ2v) is 7.66. The molecule has 0 atom stereocenters. The summed E-state index contributed by atoms with van der Waals surface area (Å²) in [5, 5.41) is 13.9. The van der Waals surface area contributed by atoms with Crippen molar-refractivity contribution in [3.05, 3.63) is 46.9 Å². The number of aliphatic hydroxyl groups is 1. The van der Waals surface area contributed by atoms with Gasteiger partial charge in [0, 0.05) is 31.9 Å². The number of carbonyl (C=O) groups is 1. The maximum Gasteiger partial charge on any atom is 0.262 e. The highest BCUT2D eigenvalue weighted by Gasteiger charge is 2.21. The smallest absolute Gasteiger partial charge is 0.262 e. The zero-order chi connectivity index (χ0) is 20.2. The van der Waals surface area contributed by atoms with Crippen LogP contribution >= 0.6 is 11.8 Å². The number of nitrogens with one attached hydrogen (secondary N) is 1. The summed E-state index contributed by atoms with van der Waals surface area (Å²) in [5.74, 6) is 0.225. The third kappa shape index (κ3) is 4.28. The number of anilines is 1. The molecule has 1 amide bonds. The van der Waals surface area contributed by atoms with Crippen molar-refractivity contribution in [1.82, 2.24) is 24.6 Å². The number of amides is 1. The van der Waals surface area contributed by atoms with Crippen LogP contribution in [0, 0.1) is 0 Å². The molecule has 1 aliphatic heterocycles. The van der Waals surface area contributed by atoms with Gasteiger partial charge in [-0.3, -0.25) is 9.59 Å². The van der Waals surface area contributed by atoms with E-state index in [0.717, 1.165) is 13.1 Å². The molecule has 0 unspecified atom stereocenters. The van der Waals surface area contributed by atoms with Crippen molar-refractivity contribution in [3.63, 3.8) is 0 Å². The van der Waals surface area contributed by atoms with E-state index in [1.807, 2.05) is 23.1 Å². The summed E-state index contributed by atoms with van der Waals surface area (Å²) in [6.45, 7) is 3.08. The summed E-state index contributed by atoms with van der Waals surface area (Å²) in [7, 11) is 0. The van der Waals surface area contributed by atoms with Crippen LogP contribution in [0.4, 0.5) is 5.69 Å². The van der Waals surface area contributed by atoms with Crippen LogP contribution in [0.5, 0.6) is 0 Å². The van der Waals surface area contributed by atoms with Gasteiger partial charge >= 0.3 is 0 Å². The summed E-state index contributed by atoms with van der Waals surface area (Å²) in [6, 6.07) is 10.2. The van der Waals surface area contributed by atoms with Crippen molar-refractivity contribution in [2.45, 2.75) is 11.7 Å². The fraction of sp³-hybridized carbons (Fsp3) is 0.368. The predicted octanol–water partition coefficient (Wildman–Crippen LogP) is 0.553. The van der Waals surface area contributed by atoms with Gasteiger partial charge in [-0.1, -0.05) is 30.0 Å². The van der Waals surface area contributed by atoms with Gasteiger partial charge in [-0.15, -0.1) is 0 Å². The van der Waals surface area contributed by atoms with E-state index in [-0.39, 0.29) is 30.4 Å². The summed E-state index contributed by atoms with van der Waals surface area (Å²) < 4.78 is 1.49. The quantitative estimate of drug-likeness (QED) is 0.448. The van der Waals surface area contributed by atoms with Crippen LogP contribution in [0.2, 0.25) is 0 Å². The van der Waals surface area contributed by atoms with Crippen molar-refractivity contribution in [2.75, 3.05) is 43.4 Å². The Balaban J connectivity index is 1.36. The second-order valence-electron chi connectivity index (χ2n) is 6.69. The molecule has 1 fully saturated rings. The number of rotatable bonds is 6. The van der Waals surface area contributed by atoms with Gasteiger partial charge in [0.15, 0.2) is 10.8 Å². The van der Waals surface area contributed by atoms with Gasteiger partial charge in [-0.25, -0.2) is 9.67 Å². The van der Waals surface area contributed by atoms with Crippen LogP contribution in [0.15, 0.2) is 46.5 Å². The minimum absolute atomic E-state index is 0.0225. The SMILES string of the molecule is O=C(CSc1nc2c(cnn2CCO)c(=O)[nH]1)N1CCN(c2ccccc2)CC1. The lowest BCUT2D eigenvalue weighted by Gasteiger charge is -2.36. The van der Waals surface area contributed by atoms with Crippen LogP contribution < -0.4 is 10.5 Å². The highest BCUT2D eigenvalue weighted by molar-refractivity contribution is 7.99. The number of hydrogen-bond donors (Lipinski definition) is 2. The number of nitrogens with zero attached hydrogens (tertiary/aromatic N) is 5. The second kappa shape index (κ2) is 8.66. The van der Waals surface area contributed by atoms with Gasteiger partial charge in [-0.2, -0.15) is 5.10 Å². The van der Waals surface area contributed by atoms with Crippen molar-refractivity contribution in [2.24, 2.45) is 0 Å². The van der Waals surface area contributed by atoms with Gasteiger partial charge in [-0.05, 0) is 12.1 Å². The maximum atomic E-state index is 12.6. The summed E-state index contributed by atoms with van der Waals surface area (Å²) >= 11 is 1.20. The van der Waals surface area contributed by atoms with E-state index in [1.165, 1.54) is 28.3 Å². The van der Waals surface area contributed by atoms with E-state index in [4.69, 9.17) is 5.11 Å². The van der Waals surface area contributed by atoms with Crippen LogP contribution in [-0.2, 0) is 11.3 Å². The van der Waals surface area contributed by atoms with Crippen molar-refractivity contribution in [3.8, 4) is 0 Å². The monoisotopic (exact) mass is 414 g/mol. The van der Waals surface area contributed by atoms with Gasteiger partial charge in [0.2, 0.25) is 5.91 Å². The number of aromatic nitrogens is 4. The van der Waals surface area contributed by atoms with E-state index >= 15 is 0 Å². The first-order chi connectivity index (χ1) is 14.2. The number of thioether (sulfide) groups is 1. The minimum atomic E-state index is -0.300. The van der Waals surface area contributed by atoms with E-state index in [0.29, 0.717) is 29.3 Å². The average Bonchev–Trinajstić information content (AvgIpc) is 3.16. The first-order valence-corrected chi connectivity index (χ1v) is 10.4. The molecule has 1 aromatic carbocycles. The van der Waals surface area contributed by atoms with Crippen molar-refractivity contribution in [1.29, 1.82) is 0 Å². The molecular weight excluding hydrogens is 392 g/mol. The standard InChI is InChI=1S/C19H22N6O3S/c26-11-10-25-17-15(12-20-25)18(28)22-19(21-17)29-13-16(27)24-8-6-23(7-9-24)14-4-2-1-3-5-14/h1-5,12,26H,6-11,13H2,(H,21,22,28). The topological polar surface area (TPSA) is 107 Å². The highest BCUT2D eigenvalue weighted by Crippen LogP contribution is 2.18. The molecule has 0 radical (unpaired) electrons. The molecule has 152 valence electrons. The third-order valence-electron chi connectivity index (χ3n) is 4.88. The van der Waals surface area contributed by atoms with Crippen LogP contribution in [-0.4, -0.2) is 74.2 Å². The zero-order valence-corrected chi connectivity index (χ0v) is 16.6. The number of hydrogen-bond acceptors (Lipinski definition) is 7. The normalized spacial score (nSPS) is 14.5. The number of carbonyl (C=O) groups excluding carboxylic acids is 1. The number of piperazine rings is 1. The molecular formula is C19H22N6O3S. The van der Waals surface area contributed by atoms with E-state index in [1.54, 1.807) is 0 Å². The molecule has 0 aliphatic carbocycles. The lowest BCUT2D eigenvalue weighted by atomic mass is 10.2. The average molecular weight is 414 g/mol. The molecule has 1 saturated heterocycles. The number of aliphatic hydroxyl groups excluding tert-OH is 1. The molecule has 1 aliphatic rings. The highest BCUT2D eigenvalue weighted by atomic mass is 32.2. The molecule has 9 nitrogen and oxygen atoms in total. The molecule has 3 heterocycles. The molecule has 0 spiro atoms. The van der Waals surface area contributed by atoms with E-state index < -0.39 is 0 Å². The van der Waals surface area contributed by atoms with Crippen LogP contribution in [0.25, 0.3) is 11.0 Å². The largest absolute Gasteiger partial charge is 0.394 e. The van der Waals surface area contributed by atoms with Gasteiger partial charge in [0.1, 0.15) is 5.39 Å². The number of H-pyrrole nitrogens is 1. The summed E-state index contributed by atoms with van der Waals surface area (Å²) in [6.07, 6.45) is 1.43. The number of para-hydroxylation sites is 1. The molecule has 10 heteroatoms. The van der Waals surface area contributed by atoms with Gasteiger partial charge < -0.3 is 19.9 Å². The Labute approximate surface area is 171 Å². The maximum absolute atomic E-state index is 12.6. The molecule has 2 N–H and O–H groups in total. The number of aromatic amines is 1. The van der Waals surface area contributed by atoms with Gasteiger partial charge in [0.25, 0.3) is 5.56 Å². The molecule has 29 heavy (non-hydrogen) atoms. The molecule has 4 rings (SSSR count). The van der Waals surface area contributed by atoms with Crippen molar-refractivity contribution >= 4 is 34.4 Å². The predicted molar refractivity (Wildman–Crippen MR) is 111 cm³/mol. The van der Waals surface area contributed by atoms with Crippen LogP contribution in [0.1, 0.15) is 0 Å². The van der Waals surface area contributed by atoms with Crippen molar-refractivity contribution < 1.29 is 9.90 Å². The Morgan fingerprint density at radius 1 is 1.17 bits per heavy atom. The fourth-order valence-corrected chi connectivity index (χ4v) is 4.11. The third-order valence-corrected chi connectivity index (χ3v) is 5.74. The molecule has 0 bridgehead atoms. The lowest BCUT2D eigenvalue weighted by Crippen LogP contribution is -2.49. The number of fused-ring (bicyclic) bond motifs is 1. The Morgan fingerprint density at radius 2 is 1.93 bits per heavy atom. The Morgan fingerprint density at radius 3 is 2.66 bits per heavy atom. The van der Waals surface area contributed by atoms with E-state index in [9.17, 15) is 9.59 Å². The fourth-order valence-electron chi connectivity index (χ4n) is 3.35. The Kier molecular flexibility index (Phi) is 5.81. The minimum Gasteiger partial charge on any atom is -0.394 e. The summed E-state index contributed by atoms with van der Waals surface area (Å²) in [4.78, 5) is 36.0. The first-order valence-electron chi connectivity index (χ1n) is 9.43. The lowest BCUT2D eigenvalue weighted by molar-refractivity contribution is -0.128. The number of benzene rings is 1. The molecule has 0 saturated carbocycles. The zero-order valence-electron chi connectivity index (χ0n) is 15.8. The molecule has 2 aromatic heterocycles. The van der Waals surface area contributed by atoms with Crippen LogP contribution in [0.3, 0.4) is 0 Å². The first kappa shape index (κ1) is 19.5.